The van der Waals surface area contributed by atoms with Gasteiger partial charge >= 0.3 is 0 Å². The third-order valence-electron chi connectivity index (χ3n) is 3.07. The molecule has 0 radical (unpaired) electrons. The van der Waals surface area contributed by atoms with E-state index in [2.05, 4.69) is 15.9 Å². The van der Waals surface area contributed by atoms with Crippen LogP contribution in [0.2, 0.25) is 0 Å². The zero-order chi connectivity index (χ0) is 14.7. The molecule has 0 aliphatic heterocycles. The van der Waals surface area contributed by atoms with Crippen LogP contribution in [0.4, 0.5) is 0 Å². The highest BCUT2D eigenvalue weighted by Gasteiger charge is 2.09. The molecule has 0 atom stereocenters. The number of halogens is 1. The molecule has 0 saturated carbocycles. The van der Waals surface area contributed by atoms with Gasteiger partial charge in [-0.15, -0.1) is 0 Å². The molecule has 20 heavy (non-hydrogen) atoms. The van der Waals surface area contributed by atoms with E-state index in [0.717, 1.165) is 32.5 Å². The lowest BCUT2D eigenvalue weighted by Crippen LogP contribution is -2.10. The predicted octanol–water partition coefficient (Wildman–Crippen LogP) is 4.28. The Balaban J connectivity index is 2.22. The Kier molecular flexibility index (Phi) is 4.78. The quantitative estimate of drug-likeness (QED) is 0.836. The van der Waals surface area contributed by atoms with Gasteiger partial charge in [0.2, 0.25) is 0 Å². The first-order valence-corrected chi connectivity index (χ1v) is 7.46. The maximum atomic E-state index is 5.96. The molecule has 2 aromatic carbocycles. The maximum Gasteiger partial charge on any atom is 0.125 e. The smallest absolute Gasteiger partial charge is 0.125 e. The molecule has 0 unspecified atom stereocenters. The molecular formula is C16H16BrNOS. The molecule has 104 valence electrons. The Hall–Kier alpha value is -1.39. The number of ether oxygens (including phenoxy) is 1. The van der Waals surface area contributed by atoms with Crippen LogP contribution in [-0.2, 0) is 6.61 Å². The van der Waals surface area contributed by atoms with Crippen LogP contribution in [0.5, 0.6) is 5.75 Å². The zero-order valence-electron chi connectivity index (χ0n) is 11.4. The van der Waals surface area contributed by atoms with Gasteiger partial charge in [-0.05, 0) is 43.2 Å². The van der Waals surface area contributed by atoms with Gasteiger partial charge in [0, 0.05) is 15.6 Å². The van der Waals surface area contributed by atoms with Gasteiger partial charge in [0.1, 0.15) is 17.3 Å². The van der Waals surface area contributed by atoms with Crippen LogP contribution in [0.25, 0.3) is 0 Å². The van der Waals surface area contributed by atoms with E-state index in [-0.39, 0.29) is 0 Å². The third-order valence-corrected chi connectivity index (χ3v) is 4.08. The van der Waals surface area contributed by atoms with Gasteiger partial charge in [0.15, 0.2) is 0 Å². The van der Waals surface area contributed by atoms with Gasteiger partial charge < -0.3 is 10.5 Å². The molecule has 0 aliphatic rings. The third kappa shape index (κ3) is 3.38. The minimum absolute atomic E-state index is 0.411. The van der Waals surface area contributed by atoms with E-state index in [1.165, 1.54) is 0 Å². The largest absolute Gasteiger partial charge is 0.488 e. The Morgan fingerprint density at radius 2 is 1.80 bits per heavy atom. The predicted molar refractivity (Wildman–Crippen MR) is 90.3 cm³/mol. The molecular weight excluding hydrogens is 334 g/mol. The van der Waals surface area contributed by atoms with Gasteiger partial charge in [-0.3, -0.25) is 0 Å². The van der Waals surface area contributed by atoms with E-state index in [4.69, 9.17) is 22.7 Å². The molecule has 0 spiro atoms. The van der Waals surface area contributed by atoms with E-state index in [1.54, 1.807) is 0 Å². The number of nitrogens with two attached hydrogens (primary N) is 1. The lowest BCUT2D eigenvalue weighted by atomic mass is 10.1. The molecule has 2 rings (SSSR count). The second-order valence-electron chi connectivity index (χ2n) is 4.68. The van der Waals surface area contributed by atoms with E-state index >= 15 is 0 Å². The lowest BCUT2D eigenvalue weighted by molar-refractivity contribution is 0.301. The monoisotopic (exact) mass is 349 g/mol. The SMILES string of the molecule is Cc1cc(C(N)=S)cc(C)c1OCc1ccccc1Br. The molecule has 0 saturated heterocycles. The van der Waals surface area contributed by atoms with E-state index in [0.29, 0.717) is 11.6 Å². The van der Waals surface area contributed by atoms with Gasteiger partial charge in [-0.25, -0.2) is 0 Å². The van der Waals surface area contributed by atoms with E-state index in [9.17, 15) is 0 Å². The summed E-state index contributed by atoms with van der Waals surface area (Å²) in [5.74, 6) is 0.890. The van der Waals surface area contributed by atoms with Crippen LogP contribution in [0.15, 0.2) is 40.9 Å². The highest BCUT2D eigenvalue weighted by atomic mass is 79.9. The summed E-state index contributed by atoms with van der Waals surface area (Å²) < 4.78 is 7.01. The number of hydrogen-bond acceptors (Lipinski definition) is 2. The fourth-order valence-electron chi connectivity index (χ4n) is 2.09. The molecule has 0 fully saturated rings. The Bertz CT molecular complexity index is 632. The zero-order valence-corrected chi connectivity index (χ0v) is 13.8. The van der Waals surface area contributed by atoms with E-state index < -0.39 is 0 Å². The second kappa shape index (κ2) is 6.37. The van der Waals surface area contributed by atoms with Crippen molar-refractivity contribution in [3.63, 3.8) is 0 Å². The molecule has 0 bridgehead atoms. The Labute approximate surface area is 133 Å². The minimum Gasteiger partial charge on any atom is -0.488 e. The van der Waals surface area contributed by atoms with Crippen molar-refractivity contribution in [1.82, 2.24) is 0 Å². The van der Waals surface area contributed by atoms with Crippen molar-refractivity contribution in [2.24, 2.45) is 5.73 Å². The van der Waals surface area contributed by atoms with Crippen LogP contribution in [0.1, 0.15) is 22.3 Å². The second-order valence-corrected chi connectivity index (χ2v) is 5.98. The lowest BCUT2D eigenvalue weighted by Gasteiger charge is -2.14. The topological polar surface area (TPSA) is 35.2 Å². The van der Waals surface area contributed by atoms with Crippen LogP contribution in [-0.4, -0.2) is 4.99 Å². The van der Waals surface area contributed by atoms with Crippen molar-refractivity contribution >= 4 is 33.1 Å². The number of benzene rings is 2. The summed E-state index contributed by atoms with van der Waals surface area (Å²) in [6, 6.07) is 12.0. The average Bonchev–Trinajstić information content (AvgIpc) is 2.39. The van der Waals surface area contributed by atoms with Gasteiger partial charge in [0.05, 0.1) is 0 Å². The molecule has 2 nitrogen and oxygen atoms in total. The van der Waals surface area contributed by atoms with Crippen molar-refractivity contribution in [2.45, 2.75) is 20.5 Å². The molecule has 0 amide bonds. The molecule has 0 heterocycles. The number of rotatable bonds is 4. The van der Waals surface area contributed by atoms with Crippen molar-refractivity contribution < 1.29 is 4.74 Å². The summed E-state index contributed by atoms with van der Waals surface area (Å²) in [6.07, 6.45) is 0. The summed E-state index contributed by atoms with van der Waals surface area (Å²) >= 11 is 8.54. The average molecular weight is 350 g/mol. The molecule has 2 N–H and O–H groups in total. The molecule has 0 aliphatic carbocycles. The number of thiocarbonyl (C=S) groups is 1. The highest BCUT2D eigenvalue weighted by Crippen LogP contribution is 2.27. The van der Waals surface area contributed by atoms with Crippen LogP contribution in [0, 0.1) is 13.8 Å². The van der Waals surface area contributed by atoms with Crippen molar-refractivity contribution in [3.8, 4) is 5.75 Å². The maximum absolute atomic E-state index is 5.96. The fraction of sp³-hybridized carbons (Fsp3) is 0.188. The number of hydrogen-bond donors (Lipinski definition) is 1. The minimum atomic E-state index is 0.411. The molecule has 2 aromatic rings. The first kappa shape index (κ1) is 15.0. The summed E-state index contributed by atoms with van der Waals surface area (Å²) in [7, 11) is 0. The van der Waals surface area contributed by atoms with Crippen LogP contribution in [0.3, 0.4) is 0 Å². The van der Waals surface area contributed by atoms with Crippen LogP contribution >= 0.6 is 28.1 Å². The Morgan fingerprint density at radius 1 is 1.20 bits per heavy atom. The first-order valence-electron chi connectivity index (χ1n) is 6.26. The summed E-state index contributed by atoms with van der Waals surface area (Å²) in [5.41, 5.74) is 9.75. The standard InChI is InChI=1S/C16H16BrNOS/c1-10-7-13(16(18)20)8-11(2)15(10)19-9-12-5-3-4-6-14(12)17/h3-8H,9H2,1-2H3,(H2,18,20). The molecule has 4 heteroatoms. The van der Waals surface area contributed by atoms with E-state index in [1.807, 2.05) is 50.2 Å². The number of aryl methyl sites for hydroxylation is 2. The summed E-state index contributed by atoms with van der Waals surface area (Å²) in [5, 5.41) is 0. The van der Waals surface area contributed by atoms with Gasteiger partial charge in [0.25, 0.3) is 0 Å². The van der Waals surface area contributed by atoms with Gasteiger partial charge in [-0.1, -0.05) is 46.3 Å². The normalized spacial score (nSPS) is 10.3. The van der Waals surface area contributed by atoms with Crippen molar-refractivity contribution in [1.29, 1.82) is 0 Å². The molecule has 0 aromatic heterocycles. The van der Waals surface area contributed by atoms with Crippen molar-refractivity contribution in [2.75, 3.05) is 0 Å². The summed E-state index contributed by atoms with van der Waals surface area (Å²) in [4.78, 5) is 0.411. The fourth-order valence-corrected chi connectivity index (χ4v) is 2.60. The Morgan fingerprint density at radius 3 is 2.35 bits per heavy atom. The highest BCUT2D eigenvalue weighted by molar-refractivity contribution is 9.10. The summed E-state index contributed by atoms with van der Waals surface area (Å²) in [6.45, 7) is 4.53. The van der Waals surface area contributed by atoms with Gasteiger partial charge in [-0.2, -0.15) is 0 Å². The first-order chi connectivity index (χ1) is 9.49. The van der Waals surface area contributed by atoms with Crippen molar-refractivity contribution in [3.05, 3.63) is 63.1 Å². The van der Waals surface area contributed by atoms with Crippen LogP contribution < -0.4 is 10.5 Å².